The van der Waals surface area contributed by atoms with E-state index in [-0.39, 0.29) is 0 Å². The average molecular weight is 304 g/mol. The van der Waals surface area contributed by atoms with E-state index in [2.05, 4.69) is 56.3 Å². The highest BCUT2D eigenvalue weighted by Gasteiger charge is 2.25. The van der Waals surface area contributed by atoms with Crippen molar-refractivity contribution in [3.05, 3.63) is 71.8 Å². The third-order valence-electron chi connectivity index (χ3n) is 4.40. The van der Waals surface area contributed by atoms with E-state index >= 15 is 0 Å². The molecule has 108 valence electrons. The molecule has 0 spiro atoms. The number of fused-ring (bicyclic) bond motifs is 3. The van der Waals surface area contributed by atoms with Gasteiger partial charge in [0.25, 0.3) is 0 Å². The standard InChI is InChI=1S/C20H16OS/c1-13-7-8-15(11-14(13)2)16-9-10-18-17-5-3-4-6-19(17)22(21)20(18)12-16/h3-12H,1-2H3. The molecule has 3 aromatic carbocycles. The van der Waals surface area contributed by atoms with Crippen LogP contribution in [0.4, 0.5) is 0 Å². The van der Waals surface area contributed by atoms with Crippen LogP contribution in [-0.2, 0) is 10.8 Å². The number of hydrogen-bond donors (Lipinski definition) is 0. The molecule has 0 saturated carbocycles. The van der Waals surface area contributed by atoms with E-state index in [1.165, 1.54) is 16.7 Å². The molecule has 0 bridgehead atoms. The van der Waals surface area contributed by atoms with Crippen molar-refractivity contribution < 1.29 is 4.21 Å². The Balaban J connectivity index is 1.87. The molecule has 0 aromatic heterocycles. The van der Waals surface area contributed by atoms with Crippen molar-refractivity contribution in [3.63, 3.8) is 0 Å². The van der Waals surface area contributed by atoms with Crippen LogP contribution in [0.5, 0.6) is 0 Å². The summed E-state index contributed by atoms with van der Waals surface area (Å²) in [5.41, 5.74) is 7.08. The predicted octanol–water partition coefficient (Wildman–Crippen LogP) is 5.12. The van der Waals surface area contributed by atoms with Crippen LogP contribution in [0.2, 0.25) is 0 Å². The third kappa shape index (κ3) is 1.95. The molecule has 0 aliphatic carbocycles. The molecule has 1 aliphatic heterocycles. The van der Waals surface area contributed by atoms with Gasteiger partial charge < -0.3 is 0 Å². The Labute approximate surface area is 133 Å². The summed E-state index contributed by atoms with van der Waals surface area (Å²) < 4.78 is 12.7. The van der Waals surface area contributed by atoms with Crippen LogP contribution < -0.4 is 0 Å². The minimum atomic E-state index is -1.07. The van der Waals surface area contributed by atoms with Gasteiger partial charge in [0.1, 0.15) is 0 Å². The van der Waals surface area contributed by atoms with E-state index in [4.69, 9.17) is 0 Å². The second kappa shape index (κ2) is 4.92. The van der Waals surface area contributed by atoms with E-state index in [1.54, 1.807) is 0 Å². The molecule has 4 rings (SSSR count). The summed E-state index contributed by atoms with van der Waals surface area (Å²) in [6, 6.07) is 20.7. The van der Waals surface area contributed by atoms with Gasteiger partial charge in [0.2, 0.25) is 0 Å². The molecule has 1 heterocycles. The first-order chi connectivity index (χ1) is 10.6. The first kappa shape index (κ1) is 13.5. The maximum atomic E-state index is 12.7. The van der Waals surface area contributed by atoms with Crippen molar-refractivity contribution in [2.75, 3.05) is 0 Å². The molecule has 1 aliphatic rings. The lowest BCUT2D eigenvalue weighted by molar-refractivity contribution is 0.685. The fourth-order valence-electron chi connectivity index (χ4n) is 2.97. The Bertz CT molecular complexity index is 925. The molecule has 2 heteroatoms. The molecule has 1 unspecified atom stereocenters. The highest BCUT2D eigenvalue weighted by atomic mass is 32.2. The Kier molecular flexibility index (Phi) is 3.02. The fourth-order valence-corrected chi connectivity index (χ4v) is 4.40. The molecule has 0 N–H and O–H groups in total. The zero-order valence-electron chi connectivity index (χ0n) is 12.6. The quantitative estimate of drug-likeness (QED) is 0.477. The highest BCUT2D eigenvalue weighted by molar-refractivity contribution is 7.85. The second-order valence-corrected chi connectivity index (χ2v) is 7.19. The smallest absolute Gasteiger partial charge is 0.0862 e. The lowest BCUT2D eigenvalue weighted by Crippen LogP contribution is -1.88. The van der Waals surface area contributed by atoms with Crippen LogP contribution in [-0.4, -0.2) is 4.21 Å². The second-order valence-electron chi connectivity index (χ2n) is 5.77. The molecule has 3 aromatic rings. The van der Waals surface area contributed by atoms with Crippen LogP contribution in [0, 0.1) is 13.8 Å². The van der Waals surface area contributed by atoms with Crippen molar-refractivity contribution in [2.24, 2.45) is 0 Å². The SMILES string of the molecule is Cc1ccc(-c2ccc3c(c2)S(=O)c2ccccc2-3)cc1C. The normalized spacial score (nSPS) is 15.5. The molecular formula is C20H16OS. The topological polar surface area (TPSA) is 17.1 Å². The van der Waals surface area contributed by atoms with E-state index < -0.39 is 10.8 Å². The van der Waals surface area contributed by atoms with Crippen LogP contribution in [0.15, 0.2) is 70.5 Å². The van der Waals surface area contributed by atoms with Crippen molar-refractivity contribution >= 4 is 10.8 Å². The zero-order valence-corrected chi connectivity index (χ0v) is 13.4. The monoisotopic (exact) mass is 304 g/mol. The van der Waals surface area contributed by atoms with Crippen LogP contribution in [0.1, 0.15) is 11.1 Å². The van der Waals surface area contributed by atoms with Gasteiger partial charge in [-0.3, -0.25) is 0 Å². The molecule has 0 saturated heterocycles. The number of aryl methyl sites for hydroxylation is 2. The number of rotatable bonds is 1. The molecule has 0 fully saturated rings. The summed E-state index contributed by atoms with van der Waals surface area (Å²) in [6.45, 7) is 4.24. The van der Waals surface area contributed by atoms with Crippen molar-refractivity contribution in [1.29, 1.82) is 0 Å². The summed E-state index contributed by atoms with van der Waals surface area (Å²) in [4.78, 5) is 1.85. The summed E-state index contributed by atoms with van der Waals surface area (Å²) in [6.07, 6.45) is 0. The first-order valence-corrected chi connectivity index (χ1v) is 8.53. The maximum Gasteiger partial charge on any atom is 0.0862 e. The van der Waals surface area contributed by atoms with E-state index in [0.717, 1.165) is 26.5 Å². The summed E-state index contributed by atoms with van der Waals surface area (Å²) in [7, 11) is -1.07. The van der Waals surface area contributed by atoms with Gasteiger partial charge >= 0.3 is 0 Å². The summed E-state index contributed by atoms with van der Waals surface area (Å²) in [5, 5.41) is 0. The predicted molar refractivity (Wildman–Crippen MR) is 91.5 cm³/mol. The van der Waals surface area contributed by atoms with Gasteiger partial charge in [-0.2, -0.15) is 0 Å². The van der Waals surface area contributed by atoms with Gasteiger partial charge in [0.15, 0.2) is 0 Å². The number of benzene rings is 3. The van der Waals surface area contributed by atoms with Gasteiger partial charge in [-0.25, -0.2) is 4.21 Å². The van der Waals surface area contributed by atoms with Crippen molar-refractivity contribution in [3.8, 4) is 22.3 Å². The minimum absolute atomic E-state index is 0.926. The fraction of sp³-hybridized carbons (Fsp3) is 0.100. The molecule has 0 amide bonds. The maximum absolute atomic E-state index is 12.7. The Hall–Kier alpha value is -2.19. The van der Waals surface area contributed by atoms with E-state index in [1.807, 2.05) is 18.2 Å². The largest absolute Gasteiger partial charge is 0.249 e. The van der Waals surface area contributed by atoms with Gasteiger partial charge in [-0.1, -0.05) is 48.5 Å². The Morgan fingerprint density at radius 2 is 1.36 bits per heavy atom. The van der Waals surface area contributed by atoms with Gasteiger partial charge in [0.05, 0.1) is 20.6 Å². The van der Waals surface area contributed by atoms with Crippen molar-refractivity contribution in [1.82, 2.24) is 0 Å². The lowest BCUT2D eigenvalue weighted by Gasteiger charge is -2.07. The van der Waals surface area contributed by atoms with Crippen LogP contribution in [0.3, 0.4) is 0 Å². The molecule has 0 radical (unpaired) electrons. The molecule has 1 atom stereocenters. The van der Waals surface area contributed by atoms with Gasteiger partial charge in [0, 0.05) is 0 Å². The molecule has 22 heavy (non-hydrogen) atoms. The third-order valence-corrected chi connectivity index (χ3v) is 5.89. The summed E-state index contributed by atoms with van der Waals surface area (Å²) in [5.74, 6) is 0. The average Bonchev–Trinajstić information content (AvgIpc) is 2.83. The van der Waals surface area contributed by atoms with Crippen LogP contribution in [0.25, 0.3) is 22.3 Å². The summed E-state index contributed by atoms with van der Waals surface area (Å²) >= 11 is 0. The zero-order chi connectivity index (χ0) is 15.3. The Morgan fingerprint density at radius 1 is 0.682 bits per heavy atom. The van der Waals surface area contributed by atoms with Gasteiger partial charge in [-0.05, 0) is 59.4 Å². The van der Waals surface area contributed by atoms with Gasteiger partial charge in [-0.15, -0.1) is 0 Å². The number of hydrogen-bond acceptors (Lipinski definition) is 1. The first-order valence-electron chi connectivity index (χ1n) is 7.38. The van der Waals surface area contributed by atoms with E-state index in [9.17, 15) is 4.21 Å². The Morgan fingerprint density at radius 3 is 2.18 bits per heavy atom. The van der Waals surface area contributed by atoms with Crippen LogP contribution >= 0.6 is 0 Å². The lowest BCUT2D eigenvalue weighted by atomic mass is 9.98. The van der Waals surface area contributed by atoms with E-state index in [0.29, 0.717) is 0 Å². The highest BCUT2D eigenvalue weighted by Crippen LogP contribution is 2.42. The molecular weight excluding hydrogens is 288 g/mol. The molecule has 1 nitrogen and oxygen atoms in total. The minimum Gasteiger partial charge on any atom is -0.249 e. The van der Waals surface area contributed by atoms with Crippen molar-refractivity contribution in [2.45, 2.75) is 23.6 Å².